The first-order valence-corrected chi connectivity index (χ1v) is 22.2. The summed E-state index contributed by atoms with van der Waals surface area (Å²) in [6.07, 6.45) is 27.8. The molecule has 1 saturated heterocycles. The van der Waals surface area contributed by atoms with Gasteiger partial charge in [-0.3, -0.25) is 14.4 Å². The minimum atomic E-state index is -1.47. The number of carbonyl (C=O) groups excluding carboxylic acids is 2. The summed E-state index contributed by atoms with van der Waals surface area (Å²) in [6, 6.07) is -1.12. The van der Waals surface area contributed by atoms with E-state index in [4.69, 9.17) is 9.84 Å². The fraction of sp³-hybridized carbons (Fsp3) is 0.930. The zero-order valence-corrected chi connectivity index (χ0v) is 34.1. The lowest BCUT2D eigenvalue weighted by atomic mass is 9.94. The van der Waals surface area contributed by atoms with Crippen molar-refractivity contribution in [3.8, 4) is 0 Å². The van der Waals surface area contributed by atoms with E-state index < -0.39 is 49.1 Å². The number of nitrogens with one attached hydrogen (secondary N) is 1. The maximum Gasteiger partial charge on any atom is 0.303 e. The molecule has 0 aromatic heterocycles. The average molecular weight is 755 g/mol. The number of carboxylic acid groups (broad SMARTS) is 1. The molecule has 0 saturated carbocycles. The van der Waals surface area contributed by atoms with Crippen LogP contribution >= 0.6 is 0 Å². The zero-order chi connectivity index (χ0) is 38.9. The van der Waals surface area contributed by atoms with Crippen molar-refractivity contribution >= 4 is 17.8 Å². The number of ether oxygens (including phenoxy) is 1. The summed E-state index contributed by atoms with van der Waals surface area (Å²) in [5, 5.41) is 43.4. The molecule has 2 amide bonds. The van der Waals surface area contributed by atoms with E-state index in [2.05, 4.69) is 19.2 Å². The van der Waals surface area contributed by atoms with E-state index in [1.807, 2.05) is 0 Å². The van der Waals surface area contributed by atoms with Gasteiger partial charge in [-0.1, -0.05) is 174 Å². The second-order valence-electron chi connectivity index (χ2n) is 15.7. The summed E-state index contributed by atoms with van der Waals surface area (Å²) < 4.78 is 6.08. The van der Waals surface area contributed by atoms with Gasteiger partial charge in [0.25, 0.3) is 0 Å². The lowest BCUT2D eigenvalue weighted by Crippen LogP contribution is -2.68. The molecule has 53 heavy (non-hydrogen) atoms. The van der Waals surface area contributed by atoms with E-state index in [0.29, 0.717) is 13.0 Å². The summed E-state index contributed by atoms with van der Waals surface area (Å²) in [4.78, 5) is 39.2. The van der Waals surface area contributed by atoms with Crippen LogP contribution in [0.15, 0.2) is 0 Å². The van der Waals surface area contributed by atoms with Crippen LogP contribution in [-0.2, 0) is 19.1 Å². The van der Waals surface area contributed by atoms with Crippen LogP contribution in [0.1, 0.15) is 213 Å². The lowest BCUT2D eigenvalue weighted by Gasteiger charge is -2.47. The van der Waals surface area contributed by atoms with Gasteiger partial charge in [0.15, 0.2) is 6.23 Å². The van der Waals surface area contributed by atoms with Crippen molar-refractivity contribution in [1.29, 1.82) is 0 Å². The van der Waals surface area contributed by atoms with E-state index in [1.54, 1.807) is 4.90 Å². The Bertz CT molecular complexity index is 906. The Balaban J connectivity index is 2.67. The van der Waals surface area contributed by atoms with Crippen LogP contribution in [0.3, 0.4) is 0 Å². The summed E-state index contributed by atoms with van der Waals surface area (Å²) in [5.41, 5.74) is 0. The van der Waals surface area contributed by atoms with Gasteiger partial charge < -0.3 is 35.4 Å². The fourth-order valence-electron chi connectivity index (χ4n) is 7.49. The van der Waals surface area contributed by atoms with Gasteiger partial charge in [0.1, 0.15) is 24.4 Å². The molecule has 1 fully saturated rings. The van der Waals surface area contributed by atoms with Crippen molar-refractivity contribution in [2.45, 2.75) is 243 Å². The fourth-order valence-corrected chi connectivity index (χ4v) is 7.49. The predicted octanol–water partition coefficient (Wildman–Crippen LogP) is 8.96. The third-order valence-electron chi connectivity index (χ3n) is 10.9. The van der Waals surface area contributed by atoms with Crippen molar-refractivity contribution in [2.24, 2.45) is 0 Å². The Morgan fingerprint density at radius 1 is 0.547 bits per heavy atom. The highest BCUT2D eigenvalue weighted by Crippen LogP contribution is 2.26. The maximum atomic E-state index is 13.8. The molecular weight excluding hydrogens is 672 g/mol. The number of unbranched alkanes of at least 4 members (excludes halogenated alkanes) is 25. The molecule has 10 nitrogen and oxygen atoms in total. The molecule has 0 spiro atoms. The van der Waals surface area contributed by atoms with Crippen LogP contribution < -0.4 is 5.32 Å². The third kappa shape index (κ3) is 24.4. The number of aliphatic hydroxyl groups excluding tert-OH is 3. The van der Waals surface area contributed by atoms with E-state index in [-0.39, 0.29) is 25.2 Å². The number of hydrogen-bond donors (Lipinski definition) is 5. The van der Waals surface area contributed by atoms with Crippen molar-refractivity contribution in [1.82, 2.24) is 10.2 Å². The number of carbonyl (C=O) groups is 3. The zero-order valence-electron chi connectivity index (χ0n) is 34.1. The summed E-state index contributed by atoms with van der Waals surface area (Å²) in [7, 11) is 0. The van der Waals surface area contributed by atoms with Crippen LogP contribution in [0.2, 0.25) is 0 Å². The molecule has 1 aliphatic rings. The summed E-state index contributed by atoms with van der Waals surface area (Å²) in [6.45, 7) is 4.33. The lowest BCUT2D eigenvalue weighted by molar-refractivity contribution is -0.231. The number of nitrogens with zero attached hydrogens (tertiary/aromatic N) is 1. The summed E-state index contributed by atoms with van der Waals surface area (Å²) in [5.74, 6) is -1.62. The molecule has 312 valence electrons. The Morgan fingerprint density at radius 3 is 1.38 bits per heavy atom. The smallest absolute Gasteiger partial charge is 0.303 e. The van der Waals surface area contributed by atoms with E-state index in [1.165, 1.54) is 122 Å². The molecule has 1 aliphatic heterocycles. The second-order valence-corrected chi connectivity index (χ2v) is 15.7. The van der Waals surface area contributed by atoms with Crippen LogP contribution in [-0.4, -0.2) is 86.8 Å². The molecule has 0 aromatic carbocycles. The first-order valence-electron chi connectivity index (χ1n) is 22.2. The van der Waals surface area contributed by atoms with Crippen LogP contribution in [0.4, 0.5) is 0 Å². The first kappa shape index (κ1) is 49.3. The normalized spacial score (nSPS) is 20.1. The summed E-state index contributed by atoms with van der Waals surface area (Å²) >= 11 is 0. The first-order chi connectivity index (χ1) is 25.8. The minimum Gasteiger partial charge on any atom is -0.481 e. The topological polar surface area (TPSA) is 157 Å². The second kappa shape index (κ2) is 33.6. The highest BCUT2D eigenvalue weighted by molar-refractivity contribution is 5.78. The Hall–Kier alpha value is -1.75. The Morgan fingerprint density at radius 2 is 0.962 bits per heavy atom. The van der Waals surface area contributed by atoms with Gasteiger partial charge in [-0.05, 0) is 19.3 Å². The molecule has 1 heterocycles. The van der Waals surface area contributed by atoms with Gasteiger partial charge in [-0.2, -0.15) is 0 Å². The van der Waals surface area contributed by atoms with Gasteiger partial charge in [0.05, 0.1) is 6.61 Å². The highest BCUT2D eigenvalue weighted by Gasteiger charge is 2.48. The quantitative estimate of drug-likeness (QED) is 0.0397. The molecule has 0 radical (unpaired) electrons. The predicted molar refractivity (Wildman–Crippen MR) is 214 cm³/mol. The minimum absolute atomic E-state index is 0.0758. The Labute approximate surface area is 323 Å². The number of aliphatic carboxylic acids is 1. The van der Waals surface area contributed by atoms with Gasteiger partial charge in [-0.25, -0.2) is 0 Å². The standard InChI is InChI=1S/C43H82N2O8/c1-3-5-7-9-11-13-15-17-18-19-20-22-24-26-28-32-38(48)45(34-29-27-25-23-21-16-14-12-10-8-6-4-2)43-40(42(52)41(51)36(35-46)53-43)44-37(47)31-30-33-39(49)50/h36,40-43,46,51-52H,3-35H2,1-2H3,(H,44,47)(H,49,50)/t36-,40+,41+,42-,43-/m1/s1. The number of aliphatic hydroxyl groups is 3. The van der Waals surface area contributed by atoms with Crippen LogP contribution in [0, 0.1) is 0 Å². The molecule has 5 atom stereocenters. The molecular formula is C43H82N2O8. The molecule has 0 bridgehead atoms. The number of hydrogen-bond acceptors (Lipinski definition) is 7. The molecule has 0 aliphatic carbocycles. The average Bonchev–Trinajstić information content (AvgIpc) is 3.14. The molecule has 0 aromatic rings. The molecule has 0 unspecified atom stereocenters. The molecule has 10 heteroatoms. The number of rotatable bonds is 36. The van der Waals surface area contributed by atoms with Crippen molar-refractivity contribution in [3.05, 3.63) is 0 Å². The largest absolute Gasteiger partial charge is 0.481 e. The van der Waals surface area contributed by atoms with Crippen LogP contribution in [0.5, 0.6) is 0 Å². The SMILES string of the molecule is CCCCCCCCCCCCCCCCCC(=O)N(CCCCCCCCCCCCCC)[C@@H]1O[C@H](CO)[C@H](O)[C@H](O)[C@@H]1NC(=O)CCCC(=O)O. The third-order valence-corrected chi connectivity index (χ3v) is 10.9. The molecule has 5 N–H and O–H groups in total. The monoisotopic (exact) mass is 755 g/mol. The molecule has 1 rings (SSSR count). The Kier molecular flexibility index (Phi) is 31.2. The van der Waals surface area contributed by atoms with Gasteiger partial charge >= 0.3 is 5.97 Å². The van der Waals surface area contributed by atoms with Crippen molar-refractivity contribution in [3.63, 3.8) is 0 Å². The van der Waals surface area contributed by atoms with E-state index >= 15 is 0 Å². The number of amides is 2. The van der Waals surface area contributed by atoms with Crippen molar-refractivity contribution in [2.75, 3.05) is 13.2 Å². The highest BCUT2D eigenvalue weighted by atomic mass is 16.5. The van der Waals surface area contributed by atoms with Crippen LogP contribution in [0.25, 0.3) is 0 Å². The van der Waals surface area contributed by atoms with Crippen molar-refractivity contribution < 1.29 is 39.5 Å². The van der Waals surface area contributed by atoms with Gasteiger partial charge in [0.2, 0.25) is 11.8 Å². The van der Waals surface area contributed by atoms with Gasteiger partial charge in [-0.15, -0.1) is 0 Å². The van der Waals surface area contributed by atoms with E-state index in [0.717, 1.165) is 51.4 Å². The number of carboxylic acids is 1. The van der Waals surface area contributed by atoms with Gasteiger partial charge in [0, 0.05) is 25.8 Å². The van der Waals surface area contributed by atoms with E-state index in [9.17, 15) is 29.7 Å². The maximum absolute atomic E-state index is 13.8.